The summed E-state index contributed by atoms with van der Waals surface area (Å²) in [7, 11) is 1.59. The van der Waals surface area contributed by atoms with Crippen LogP contribution in [0.3, 0.4) is 0 Å². The average Bonchev–Trinajstić information content (AvgIpc) is 3.19. The van der Waals surface area contributed by atoms with Gasteiger partial charge in [-0.25, -0.2) is 0 Å². The summed E-state index contributed by atoms with van der Waals surface area (Å²) >= 11 is 1.50. The summed E-state index contributed by atoms with van der Waals surface area (Å²) in [6, 6.07) is 2.22. The zero-order chi connectivity index (χ0) is 16.4. The molecular weight excluding hydrogens is 314 g/mol. The number of carbonyl (C=O) groups excluding carboxylic acids is 2. The zero-order valence-electron chi connectivity index (χ0n) is 13.1. The van der Waals surface area contributed by atoms with E-state index < -0.39 is 0 Å². The highest BCUT2D eigenvalue weighted by Gasteiger charge is 2.35. The molecular formula is C16H19N3O3S. The van der Waals surface area contributed by atoms with E-state index in [2.05, 4.69) is 11.4 Å². The topological polar surface area (TPSA) is 82.4 Å². The van der Waals surface area contributed by atoms with E-state index in [1.165, 1.54) is 16.2 Å². The Morgan fingerprint density at radius 2 is 2.35 bits per heavy atom. The Bertz CT molecular complexity index is 677. The maximum atomic E-state index is 12.5. The minimum Gasteiger partial charge on any atom is -0.383 e. The Morgan fingerprint density at radius 1 is 1.52 bits per heavy atom. The zero-order valence-corrected chi connectivity index (χ0v) is 13.9. The molecule has 0 bridgehead atoms. The third kappa shape index (κ3) is 3.09. The Hall–Kier alpha value is -1.91. The van der Waals surface area contributed by atoms with Crippen LogP contribution < -0.4 is 5.32 Å². The number of amides is 2. The van der Waals surface area contributed by atoms with E-state index in [9.17, 15) is 14.9 Å². The number of likely N-dealkylation sites (tertiary alicyclic amines) is 1. The monoisotopic (exact) mass is 333 g/mol. The van der Waals surface area contributed by atoms with Crippen molar-refractivity contribution >= 4 is 28.2 Å². The van der Waals surface area contributed by atoms with Crippen LogP contribution in [0.2, 0.25) is 0 Å². The van der Waals surface area contributed by atoms with Gasteiger partial charge >= 0.3 is 0 Å². The third-order valence-electron chi connectivity index (χ3n) is 4.42. The van der Waals surface area contributed by atoms with Crippen molar-refractivity contribution in [2.45, 2.75) is 25.7 Å². The second kappa shape index (κ2) is 6.69. The Kier molecular flexibility index (Phi) is 4.64. The molecule has 2 heterocycles. The highest BCUT2D eigenvalue weighted by Crippen LogP contribution is 2.38. The van der Waals surface area contributed by atoms with Crippen LogP contribution in [0.4, 0.5) is 5.00 Å². The summed E-state index contributed by atoms with van der Waals surface area (Å²) in [6.07, 6.45) is 3.20. The summed E-state index contributed by atoms with van der Waals surface area (Å²) in [5, 5.41) is 12.9. The molecule has 2 amide bonds. The van der Waals surface area contributed by atoms with E-state index in [4.69, 9.17) is 4.74 Å². The molecule has 1 fully saturated rings. The summed E-state index contributed by atoms with van der Waals surface area (Å²) < 4.78 is 4.98. The maximum absolute atomic E-state index is 12.5. The molecule has 2 aliphatic rings. The van der Waals surface area contributed by atoms with Gasteiger partial charge in [0.2, 0.25) is 11.8 Å². The van der Waals surface area contributed by atoms with Crippen LogP contribution in [0.25, 0.3) is 0 Å². The van der Waals surface area contributed by atoms with Crippen LogP contribution >= 0.6 is 11.3 Å². The molecule has 7 heteroatoms. The molecule has 1 aliphatic carbocycles. The van der Waals surface area contributed by atoms with Crippen molar-refractivity contribution in [2.75, 3.05) is 32.1 Å². The molecule has 1 atom stereocenters. The first kappa shape index (κ1) is 16.0. The van der Waals surface area contributed by atoms with E-state index >= 15 is 0 Å². The van der Waals surface area contributed by atoms with Crippen molar-refractivity contribution in [1.82, 2.24) is 4.90 Å². The number of thiophene rings is 1. The molecule has 3 rings (SSSR count). The summed E-state index contributed by atoms with van der Waals surface area (Å²) in [6.45, 7) is 1.40. The number of anilines is 1. The van der Waals surface area contributed by atoms with Crippen LogP contribution in [0, 0.1) is 17.2 Å². The highest BCUT2D eigenvalue weighted by molar-refractivity contribution is 7.16. The van der Waals surface area contributed by atoms with E-state index in [0.29, 0.717) is 30.3 Å². The van der Waals surface area contributed by atoms with Crippen molar-refractivity contribution in [1.29, 1.82) is 5.26 Å². The quantitative estimate of drug-likeness (QED) is 0.886. The van der Waals surface area contributed by atoms with E-state index in [1.54, 1.807) is 12.0 Å². The van der Waals surface area contributed by atoms with E-state index in [0.717, 1.165) is 24.8 Å². The number of nitrogens with zero attached hydrogens (tertiary/aromatic N) is 2. The number of aryl methyl sites for hydroxylation is 1. The first-order chi connectivity index (χ1) is 11.1. The number of nitrogens with one attached hydrogen (secondary N) is 1. The van der Waals surface area contributed by atoms with Gasteiger partial charge in [0.05, 0.1) is 18.1 Å². The van der Waals surface area contributed by atoms with Crippen molar-refractivity contribution < 1.29 is 14.3 Å². The number of nitriles is 1. The molecule has 1 saturated heterocycles. The fourth-order valence-electron chi connectivity index (χ4n) is 3.19. The minimum absolute atomic E-state index is 0.0172. The number of carbonyl (C=O) groups is 2. The van der Waals surface area contributed by atoms with Gasteiger partial charge in [-0.3, -0.25) is 9.59 Å². The largest absolute Gasteiger partial charge is 0.383 e. The lowest BCUT2D eigenvalue weighted by atomic mass is 10.1. The van der Waals surface area contributed by atoms with Gasteiger partial charge in [-0.05, 0) is 24.8 Å². The van der Waals surface area contributed by atoms with Crippen LogP contribution in [0.1, 0.15) is 28.8 Å². The molecule has 0 saturated carbocycles. The molecule has 0 aromatic carbocycles. The van der Waals surface area contributed by atoms with E-state index in [-0.39, 0.29) is 24.2 Å². The molecule has 1 aromatic rings. The summed E-state index contributed by atoms with van der Waals surface area (Å²) in [5.41, 5.74) is 1.70. The van der Waals surface area contributed by atoms with E-state index in [1.807, 2.05) is 0 Å². The third-order valence-corrected chi connectivity index (χ3v) is 5.63. The lowest BCUT2D eigenvalue weighted by molar-refractivity contribution is -0.128. The maximum Gasteiger partial charge on any atom is 0.230 e. The normalized spacial score (nSPS) is 19.7. The SMILES string of the molecule is COCCN1CC(C(=O)Nc2sc3c(c2C#N)CCC3)CC1=O. The number of ether oxygens (including phenoxy) is 1. The number of hydrogen-bond acceptors (Lipinski definition) is 5. The molecule has 1 aliphatic heterocycles. The second-order valence-corrected chi connectivity index (χ2v) is 7.00. The Balaban J connectivity index is 1.67. The van der Waals surface area contributed by atoms with Crippen molar-refractivity contribution in [3.63, 3.8) is 0 Å². The van der Waals surface area contributed by atoms with Crippen LogP contribution in [0.15, 0.2) is 0 Å². The predicted molar refractivity (Wildman–Crippen MR) is 86.3 cm³/mol. The molecule has 1 aromatic heterocycles. The first-order valence-electron chi connectivity index (χ1n) is 7.76. The van der Waals surface area contributed by atoms with Crippen molar-refractivity contribution in [3.8, 4) is 6.07 Å². The molecule has 0 radical (unpaired) electrons. The van der Waals surface area contributed by atoms with Gasteiger partial charge in [0.15, 0.2) is 0 Å². The first-order valence-corrected chi connectivity index (χ1v) is 8.58. The number of hydrogen-bond donors (Lipinski definition) is 1. The molecule has 1 unspecified atom stereocenters. The molecule has 1 N–H and O–H groups in total. The van der Waals surface area contributed by atoms with Gasteiger partial charge in [0.1, 0.15) is 11.1 Å². The lowest BCUT2D eigenvalue weighted by Gasteiger charge is -2.15. The average molecular weight is 333 g/mol. The van der Waals surface area contributed by atoms with Crippen molar-refractivity contribution in [2.24, 2.45) is 5.92 Å². The van der Waals surface area contributed by atoms with Gasteiger partial charge in [-0.1, -0.05) is 0 Å². The molecule has 6 nitrogen and oxygen atoms in total. The van der Waals surface area contributed by atoms with Crippen LogP contribution in [-0.4, -0.2) is 43.5 Å². The molecule has 23 heavy (non-hydrogen) atoms. The molecule has 0 spiro atoms. The van der Waals surface area contributed by atoms with Crippen LogP contribution in [-0.2, 0) is 27.2 Å². The second-order valence-electron chi connectivity index (χ2n) is 5.90. The van der Waals surface area contributed by atoms with Crippen molar-refractivity contribution in [3.05, 3.63) is 16.0 Å². The summed E-state index contributed by atoms with van der Waals surface area (Å²) in [5.74, 6) is -0.547. The van der Waals surface area contributed by atoms with Crippen LogP contribution in [0.5, 0.6) is 0 Å². The van der Waals surface area contributed by atoms with Gasteiger partial charge in [0.25, 0.3) is 0 Å². The van der Waals surface area contributed by atoms with Gasteiger partial charge in [0, 0.05) is 31.5 Å². The highest BCUT2D eigenvalue weighted by atomic mass is 32.1. The fourth-order valence-corrected chi connectivity index (χ4v) is 4.43. The Morgan fingerprint density at radius 3 is 3.09 bits per heavy atom. The van der Waals surface area contributed by atoms with Gasteiger partial charge < -0.3 is 15.0 Å². The lowest BCUT2D eigenvalue weighted by Crippen LogP contribution is -2.30. The number of fused-ring (bicyclic) bond motifs is 1. The predicted octanol–water partition coefficient (Wildman–Crippen LogP) is 1.54. The van der Waals surface area contributed by atoms with Gasteiger partial charge in [-0.15, -0.1) is 11.3 Å². The smallest absolute Gasteiger partial charge is 0.230 e. The summed E-state index contributed by atoms with van der Waals surface area (Å²) in [4.78, 5) is 27.2. The Labute approximate surface area is 139 Å². The fraction of sp³-hybridized carbons (Fsp3) is 0.562. The minimum atomic E-state index is -0.358. The van der Waals surface area contributed by atoms with Gasteiger partial charge in [-0.2, -0.15) is 5.26 Å². The standard InChI is InChI=1S/C16H19N3O3S/c1-22-6-5-19-9-10(7-14(19)20)15(21)18-16-12(8-17)11-3-2-4-13(11)23-16/h10H,2-7,9H2,1H3,(H,18,21). The molecule has 122 valence electrons. The number of rotatable bonds is 5. The number of methoxy groups -OCH3 is 1.